The second kappa shape index (κ2) is 8.59. The van der Waals surface area contributed by atoms with Gasteiger partial charge in [0.25, 0.3) is 0 Å². The molecule has 1 heterocycles. The summed E-state index contributed by atoms with van der Waals surface area (Å²) in [5.74, 6) is -1.05. The van der Waals surface area contributed by atoms with Crippen molar-refractivity contribution in [2.24, 2.45) is 5.73 Å². The van der Waals surface area contributed by atoms with Crippen LogP contribution in [0.5, 0.6) is 0 Å². The smallest absolute Gasteiger partial charge is 0.320 e. The van der Waals surface area contributed by atoms with E-state index in [2.05, 4.69) is 5.32 Å². The Labute approximate surface area is 122 Å². The van der Waals surface area contributed by atoms with Crippen molar-refractivity contribution in [1.29, 1.82) is 0 Å². The normalized spacial score (nSPS) is 34.6. The number of aliphatic carboxylic acids is 1. The maximum Gasteiger partial charge on any atom is 0.320 e. The molecule has 9 heteroatoms. The second-order valence-electron chi connectivity index (χ2n) is 5.15. The summed E-state index contributed by atoms with van der Waals surface area (Å²) in [5, 5.41) is 49.7. The van der Waals surface area contributed by atoms with E-state index in [0.717, 1.165) is 0 Å². The summed E-state index contributed by atoms with van der Waals surface area (Å²) in [7, 11) is 0. The van der Waals surface area contributed by atoms with Crippen molar-refractivity contribution in [2.45, 2.75) is 55.9 Å². The van der Waals surface area contributed by atoms with Gasteiger partial charge in [0.2, 0.25) is 0 Å². The molecule has 1 rings (SSSR count). The zero-order chi connectivity index (χ0) is 16.0. The number of ether oxygens (including phenoxy) is 1. The van der Waals surface area contributed by atoms with Crippen LogP contribution < -0.4 is 11.1 Å². The van der Waals surface area contributed by atoms with Gasteiger partial charge in [0.05, 0.1) is 12.6 Å². The first-order valence-corrected chi connectivity index (χ1v) is 6.90. The van der Waals surface area contributed by atoms with Crippen LogP contribution in [-0.2, 0) is 9.53 Å². The fourth-order valence-electron chi connectivity index (χ4n) is 2.20. The Kier molecular flexibility index (Phi) is 7.46. The lowest BCUT2D eigenvalue weighted by Crippen LogP contribution is -2.63. The Morgan fingerprint density at radius 3 is 2.48 bits per heavy atom. The summed E-state index contributed by atoms with van der Waals surface area (Å²) in [6.45, 7) is -0.111. The molecule has 21 heavy (non-hydrogen) atoms. The number of nitrogens with one attached hydrogen (secondary N) is 1. The van der Waals surface area contributed by atoms with Crippen LogP contribution in [0.1, 0.15) is 19.3 Å². The van der Waals surface area contributed by atoms with Crippen molar-refractivity contribution < 1.29 is 35.1 Å². The SMILES string of the molecule is N[C@@H](CCCCN[C@@H]1[C@@H](O)[C@H](O)[C@@H](CO)O[C@@H]1O)C(=O)O. The summed E-state index contributed by atoms with van der Waals surface area (Å²) in [4.78, 5) is 10.5. The highest BCUT2D eigenvalue weighted by atomic mass is 16.6. The number of nitrogens with two attached hydrogens (primary N) is 1. The van der Waals surface area contributed by atoms with Crippen LogP contribution in [0.3, 0.4) is 0 Å². The molecular formula is C12H24N2O7. The van der Waals surface area contributed by atoms with Gasteiger partial charge in [0.1, 0.15) is 24.4 Å². The van der Waals surface area contributed by atoms with E-state index in [0.29, 0.717) is 25.8 Å². The van der Waals surface area contributed by atoms with Crippen LogP contribution in [0.25, 0.3) is 0 Å². The van der Waals surface area contributed by atoms with Gasteiger partial charge in [0.15, 0.2) is 6.29 Å². The maximum atomic E-state index is 10.5. The van der Waals surface area contributed by atoms with Crippen molar-refractivity contribution >= 4 is 5.97 Å². The van der Waals surface area contributed by atoms with Crippen LogP contribution in [-0.4, -0.2) is 81.3 Å². The number of carboxylic acid groups (broad SMARTS) is 1. The van der Waals surface area contributed by atoms with Gasteiger partial charge in [0, 0.05) is 0 Å². The minimum atomic E-state index is -1.35. The van der Waals surface area contributed by atoms with Crippen molar-refractivity contribution in [3.63, 3.8) is 0 Å². The first-order chi connectivity index (χ1) is 9.88. The molecule has 8 N–H and O–H groups in total. The van der Waals surface area contributed by atoms with Gasteiger partial charge in [-0.15, -0.1) is 0 Å². The van der Waals surface area contributed by atoms with Gasteiger partial charge in [-0.2, -0.15) is 0 Å². The lowest BCUT2D eigenvalue weighted by molar-refractivity contribution is -0.254. The van der Waals surface area contributed by atoms with Crippen molar-refractivity contribution in [2.75, 3.05) is 13.2 Å². The second-order valence-corrected chi connectivity index (χ2v) is 5.15. The van der Waals surface area contributed by atoms with Gasteiger partial charge >= 0.3 is 5.97 Å². The molecule has 0 aromatic rings. The van der Waals surface area contributed by atoms with Crippen molar-refractivity contribution in [1.82, 2.24) is 5.32 Å². The predicted octanol–water partition coefficient (Wildman–Crippen LogP) is -3.04. The number of aliphatic hydroxyl groups excluding tert-OH is 4. The van der Waals surface area contributed by atoms with Gasteiger partial charge in [-0.05, 0) is 19.4 Å². The molecule has 0 aromatic heterocycles. The van der Waals surface area contributed by atoms with Crippen molar-refractivity contribution in [3.05, 3.63) is 0 Å². The summed E-state index contributed by atoms with van der Waals surface area (Å²) < 4.78 is 4.99. The maximum absolute atomic E-state index is 10.5. The molecule has 1 fully saturated rings. The van der Waals surface area contributed by atoms with Crippen LogP contribution in [0.4, 0.5) is 0 Å². The van der Waals surface area contributed by atoms with E-state index < -0.39 is 49.3 Å². The number of carbonyl (C=O) groups is 1. The van der Waals surface area contributed by atoms with Crippen LogP contribution in [0, 0.1) is 0 Å². The lowest BCUT2D eigenvalue weighted by Gasteiger charge is -2.40. The van der Waals surface area contributed by atoms with Gasteiger partial charge in [-0.25, -0.2) is 0 Å². The third-order valence-corrected chi connectivity index (χ3v) is 3.54. The van der Waals surface area contributed by atoms with Crippen molar-refractivity contribution in [3.8, 4) is 0 Å². The monoisotopic (exact) mass is 308 g/mol. The molecule has 0 aromatic carbocycles. The molecule has 6 atom stereocenters. The Bertz CT molecular complexity index is 331. The number of hydrogen-bond acceptors (Lipinski definition) is 8. The molecular weight excluding hydrogens is 284 g/mol. The van der Waals surface area contributed by atoms with E-state index >= 15 is 0 Å². The van der Waals surface area contributed by atoms with Crippen LogP contribution in [0.2, 0.25) is 0 Å². The van der Waals surface area contributed by atoms with Gasteiger partial charge in [-0.1, -0.05) is 6.42 Å². The standard InChI is InChI=1S/C12H24N2O7/c13-6(11(18)19)3-1-2-4-14-8-10(17)9(16)7(5-15)21-12(8)20/h6-10,12,14-17,20H,1-5,13H2,(H,18,19)/t6-,7+,8+,9+,10+,12-/m0/s1. The summed E-state index contributed by atoms with van der Waals surface area (Å²) >= 11 is 0. The Balaban J connectivity index is 2.29. The first kappa shape index (κ1) is 18.2. The van der Waals surface area contributed by atoms with Gasteiger partial charge in [-0.3, -0.25) is 4.79 Å². The predicted molar refractivity (Wildman–Crippen MR) is 71.2 cm³/mol. The van der Waals surface area contributed by atoms with E-state index in [-0.39, 0.29) is 0 Å². The molecule has 0 bridgehead atoms. The fourth-order valence-corrected chi connectivity index (χ4v) is 2.20. The third kappa shape index (κ3) is 5.15. The zero-order valence-corrected chi connectivity index (χ0v) is 11.6. The van der Waals surface area contributed by atoms with E-state index in [4.69, 9.17) is 20.7 Å². The summed E-state index contributed by atoms with van der Waals surface area (Å²) in [6.07, 6.45) is -3.44. The number of aliphatic hydroxyl groups is 4. The van der Waals surface area contributed by atoms with E-state index in [1.165, 1.54) is 0 Å². The molecule has 1 saturated heterocycles. The average Bonchev–Trinajstić information content (AvgIpc) is 2.45. The zero-order valence-electron chi connectivity index (χ0n) is 11.6. The quantitative estimate of drug-likeness (QED) is 0.231. The topological polar surface area (TPSA) is 166 Å². The van der Waals surface area contributed by atoms with Crippen LogP contribution >= 0.6 is 0 Å². The highest BCUT2D eigenvalue weighted by Crippen LogP contribution is 2.19. The van der Waals surface area contributed by atoms with E-state index in [1.807, 2.05) is 0 Å². The number of carboxylic acids is 1. The van der Waals surface area contributed by atoms with E-state index in [1.54, 1.807) is 0 Å². The average molecular weight is 308 g/mol. The minimum absolute atomic E-state index is 0.332. The molecule has 0 radical (unpaired) electrons. The Morgan fingerprint density at radius 1 is 1.24 bits per heavy atom. The molecule has 124 valence electrons. The summed E-state index contributed by atoms with van der Waals surface area (Å²) in [6, 6.07) is -1.78. The van der Waals surface area contributed by atoms with Crippen LogP contribution in [0.15, 0.2) is 0 Å². The summed E-state index contributed by atoms with van der Waals surface area (Å²) in [5.41, 5.74) is 5.36. The molecule has 9 nitrogen and oxygen atoms in total. The highest BCUT2D eigenvalue weighted by Gasteiger charge is 2.43. The van der Waals surface area contributed by atoms with E-state index in [9.17, 15) is 20.1 Å². The van der Waals surface area contributed by atoms with Gasteiger partial charge < -0.3 is 41.3 Å². The molecule has 0 unspecified atom stereocenters. The molecule has 1 aliphatic rings. The molecule has 1 aliphatic heterocycles. The minimum Gasteiger partial charge on any atom is -0.480 e. The molecule has 0 amide bonds. The number of unbranched alkanes of at least 4 members (excludes halogenated alkanes) is 1. The Hall–Kier alpha value is -0.810. The Morgan fingerprint density at radius 2 is 1.90 bits per heavy atom. The number of hydrogen-bond donors (Lipinski definition) is 7. The third-order valence-electron chi connectivity index (χ3n) is 3.54. The lowest BCUT2D eigenvalue weighted by atomic mass is 9.97. The fraction of sp³-hybridized carbons (Fsp3) is 0.917. The highest BCUT2D eigenvalue weighted by molar-refractivity contribution is 5.72. The first-order valence-electron chi connectivity index (χ1n) is 6.90. The molecule has 0 spiro atoms. The number of rotatable bonds is 8. The molecule has 0 aliphatic carbocycles. The largest absolute Gasteiger partial charge is 0.480 e. The molecule has 0 saturated carbocycles.